The van der Waals surface area contributed by atoms with E-state index in [0.717, 1.165) is 35.2 Å². The van der Waals surface area contributed by atoms with Gasteiger partial charge in [-0.25, -0.2) is 4.98 Å². The third-order valence-electron chi connectivity index (χ3n) is 4.13. The lowest BCUT2D eigenvalue weighted by atomic mass is 9.77. The summed E-state index contributed by atoms with van der Waals surface area (Å²) in [6.07, 6.45) is 0.941. The van der Waals surface area contributed by atoms with Gasteiger partial charge < -0.3 is 0 Å². The van der Waals surface area contributed by atoms with E-state index < -0.39 is 0 Å². The Balaban J connectivity index is 2.24. The Labute approximate surface area is 126 Å². The Morgan fingerprint density at radius 3 is 2.62 bits per heavy atom. The largest absolute Gasteiger partial charge is 0.296 e. The van der Waals surface area contributed by atoms with Gasteiger partial charge in [0.1, 0.15) is 5.82 Å². The molecule has 0 N–H and O–H groups in total. The van der Waals surface area contributed by atoms with Gasteiger partial charge in [0.2, 0.25) is 5.91 Å². The third-order valence-corrected chi connectivity index (χ3v) is 4.13. The number of carbonyl (C=O) groups is 1. The maximum Gasteiger partial charge on any atom is 0.236 e. The SMILES string of the molecule is CCCN1C(=O)C(C(C)(C)C)c2cc3ccccc3nc21. The van der Waals surface area contributed by atoms with E-state index in [1.54, 1.807) is 0 Å². The van der Waals surface area contributed by atoms with Gasteiger partial charge in [0.05, 0.1) is 11.4 Å². The molecule has 2 aromatic rings. The smallest absolute Gasteiger partial charge is 0.236 e. The molecule has 1 aromatic carbocycles. The molecule has 3 rings (SSSR count). The number of amides is 1. The molecule has 1 aliphatic heterocycles. The minimum atomic E-state index is -0.101. The Morgan fingerprint density at radius 2 is 1.95 bits per heavy atom. The van der Waals surface area contributed by atoms with Gasteiger partial charge in [-0.05, 0) is 24.0 Å². The molecule has 0 aliphatic carbocycles. The number of hydrogen-bond donors (Lipinski definition) is 0. The second-order valence-corrected chi connectivity index (χ2v) is 6.88. The van der Waals surface area contributed by atoms with Crippen LogP contribution in [-0.2, 0) is 4.79 Å². The number of carbonyl (C=O) groups excluding carboxylic acids is 1. The van der Waals surface area contributed by atoms with Crippen LogP contribution in [-0.4, -0.2) is 17.4 Å². The summed E-state index contributed by atoms with van der Waals surface area (Å²) in [5, 5.41) is 1.11. The maximum absolute atomic E-state index is 12.9. The summed E-state index contributed by atoms with van der Waals surface area (Å²) in [5.74, 6) is 0.957. The van der Waals surface area contributed by atoms with Crippen molar-refractivity contribution >= 4 is 22.6 Å². The molecule has 21 heavy (non-hydrogen) atoms. The predicted molar refractivity (Wildman–Crippen MR) is 86.6 cm³/mol. The van der Waals surface area contributed by atoms with Crippen LogP contribution in [0.1, 0.15) is 45.6 Å². The molecule has 110 valence electrons. The zero-order valence-corrected chi connectivity index (χ0v) is 13.2. The lowest BCUT2D eigenvalue weighted by molar-refractivity contribution is -0.121. The van der Waals surface area contributed by atoms with Gasteiger partial charge in [-0.2, -0.15) is 0 Å². The molecule has 0 spiro atoms. The van der Waals surface area contributed by atoms with E-state index >= 15 is 0 Å². The van der Waals surface area contributed by atoms with Crippen LogP contribution in [0.2, 0.25) is 0 Å². The predicted octanol–water partition coefficient (Wildman–Crippen LogP) is 4.12. The number of hydrogen-bond acceptors (Lipinski definition) is 2. The van der Waals surface area contributed by atoms with Crippen molar-refractivity contribution in [3.8, 4) is 0 Å². The lowest BCUT2D eigenvalue weighted by Gasteiger charge is -2.26. The van der Waals surface area contributed by atoms with Crippen molar-refractivity contribution in [3.05, 3.63) is 35.9 Å². The molecule has 0 radical (unpaired) electrons. The molecular formula is C18H22N2O. The number of benzene rings is 1. The number of fused-ring (bicyclic) bond motifs is 2. The molecule has 1 atom stereocenters. The minimum Gasteiger partial charge on any atom is -0.296 e. The Hall–Kier alpha value is -1.90. The Morgan fingerprint density at radius 1 is 1.24 bits per heavy atom. The maximum atomic E-state index is 12.9. The second kappa shape index (κ2) is 4.83. The highest BCUT2D eigenvalue weighted by molar-refractivity contribution is 6.06. The van der Waals surface area contributed by atoms with Crippen molar-refractivity contribution < 1.29 is 4.79 Å². The van der Waals surface area contributed by atoms with Gasteiger partial charge >= 0.3 is 0 Å². The molecular weight excluding hydrogens is 260 g/mol. The van der Waals surface area contributed by atoms with E-state index in [4.69, 9.17) is 4.98 Å². The van der Waals surface area contributed by atoms with E-state index in [1.165, 1.54) is 0 Å². The van der Waals surface area contributed by atoms with Crippen LogP contribution in [0.25, 0.3) is 10.9 Å². The minimum absolute atomic E-state index is 0.0987. The first-order chi connectivity index (χ1) is 9.93. The third kappa shape index (κ3) is 2.21. The van der Waals surface area contributed by atoms with E-state index in [9.17, 15) is 4.79 Å². The van der Waals surface area contributed by atoms with Crippen LogP contribution in [0.15, 0.2) is 30.3 Å². The highest BCUT2D eigenvalue weighted by Gasteiger charge is 2.44. The van der Waals surface area contributed by atoms with Gasteiger partial charge in [0, 0.05) is 17.5 Å². The van der Waals surface area contributed by atoms with Crippen LogP contribution in [0.3, 0.4) is 0 Å². The van der Waals surface area contributed by atoms with Gasteiger partial charge in [-0.15, -0.1) is 0 Å². The van der Waals surface area contributed by atoms with Crippen molar-refractivity contribution in [2.75, 3.05) is 11.4 Å². The van der Waals surface area contributed by atoms with Crippen molar-refractivity contribution in [1.29, 1.82) is 0 Å². The average Bonchev–Trinajstić information content (AvgIpc) is 2.69. The van der Waals surface area contributed by atoms with Crippen LogP contribution in [0.5, 0.6) is 0 Å². The molecule has 3 nitrogen and oxygen atoms in total. The molecule has 0 saturated heterocycles. The number of anilines is 1. The fraction of sp³-hybridized carbons (Fsp3) is 0.444. The number of rotatable bonds is 2. The van der Waals surface area contributed by atoms with E-state index in [2.05, 4.69) is 39.8 Å². The molecule has 1 unspecified atom stereocenters. The fourth-order valence-corrected chi connectivity index (χ4v) is 3.22. The summed E-state index contributed by atoms with van der Waals surface area (Å²) >= 11 is 0. The molecule has 1 amide bonds. The van der Waals surface area contributed by atoms with E-state index in [0.29, 0.717) is 0 Å². The summed E-state index contributed by atoms with van der Waals surface area (Å²) in [6.45, 7) is 9.22. The highest BCUT2D eigenvalue weighted by atomic mass is 16.2. The first-order valence-corrected chi connectivity index (χ1v) is 7.64. The van der Waals surface area contributed by atoms with Gasteiger partial charge in [0.15, 0.2) is 0 Å². The summed E-state index contributed by atoms with van der Waals surface area (Å²) in [5.41, 5.74) is 1.94. The number of para-hydroxylation sites is 1. The van der Waals surface area contributed by atoms with Crippen LogP contribution in [0.4, 0.5) is 5.82 Å². The monoisotopic (exact) mass is 282 g/mol. The highest BCUT2D eigenvalue weighted by Crippen LogP contribution is 2.46. The zero-order valence-electron chi connectivity index (χ0n) is 13.2. The van der Waals surface area contributed by atoms with E-state index in [1.807, 2.05) is 23.1 Å². The van der Waals surface area contributed by atoms with Crippen molar-refractivity contribution in [2.24, 2.45) is 5.41 Å². The zero-order chi connectivity index (χ0) is 15.2. The van der Waals surface area contributed by atoms with Gasteiger partial charge in [0.25, 0.3) is 0 Å². The number of aromatic nitrogens is 1. The summed E-state index contributed by atoms with van der Waals surface area (Å²) in [6, 6.07) is 10.2. The van der Waals surface area contributed by atoms with Crippen LogP contribution < -0.4 is 4.90 Å². The lowest BCUT2D eigenvalue weighted by Crippen LogP contribution is -2.34. The topological polar surface area (TPSA) is 33.2 Å². The first-order valence-electron chi connectivity index (χ1n) is 7.64. The standard InChI is InChI=1S/C18H22N2O/c1-5-10-20-16-13(15(17(20)21)18(2,3)4)11-12-8-6-7-9-14(12)19-16/h6-9,11,15H,5,10H2,1-4H3. The molecule has 1 aliphatic rings. The van der Waals surface area contributed by atoms with Crippen LogP contribution in [0, 0.1) is 5.41 Å². The summed E-state index contributed by atoms with van der Waals surface area (Å²) in [7, 11) is 0. The first kappa shape index (κ1) is 14.1. The van der Waals surface area contributed by atoms with Gasteiger partial charge in [-0.1, -0.05) is 45.9 Å². The molecule has 0 saturated carbocycles. The summed E-state index contributed by atoms with van der Waals surface area (Å²) in [4.78, 5) is 19.5. The fourth-order valence-electron chi connectivity index (χ4n) is 3.22. The second-order valence-electron chi connectivity index (χ2n) is 6.88. The molecule has 3 heteroatoms. The van der Waals surface area contributed by atoms with E-state index in [-0.39, 0.29) is 17.2 Å². The Bertz CT molecular complexity index is 700. The van der Waals surface area contributed by atoms with Crippen LogP contribution >= 0.6 is 0 Å². The van der Waals surface area contributed by atoms with Crippen molar-refractivity contribution in [2.45, 2.75) is 40.0 Å². The average molecular weight is 282 g/mol. The molecule has 2 heterocycles. The van der Waals surface area contributed by atoms with Crippen molar-refractivity contribution in [1.82, 2.24) is 4.98 Å². The number of nitrogens with zero attached hydrogens (tertiary/aromatic N) is 2. The normalized spacial score (nSPS) is 18.4. The molecule has 0 fully saturated rings. The summed E-state index contributed by atoms with van der Waals surface area (Å²) < 4.78 is 0. The van der Waals surface area contributed by atoms with Gasteiger partial charge in [-0.3, -0.25) is 9.69 Å². The quantitative estimate of drug-likeness (QED) is 0.830. The molecule has 0 bridgehead atoms. The number of pyridine rings is 1. The van der Waals surface area contributed by atoms with Crippen molar-refractivity contribution in [3.63, 3.8) is 0 Å². The molecule has 1 aromatic heterocycles. The Kier molecular flexibility index (Phi) is 3.23.